The van der Waals surface area contributed by atoms with E-state index in [1.165, 1.54) is 0 Å². The number of carbonyl (C=O) groups is 1. The van der Waals surface area contributed by atoms with Crippen LogP contribution in [0.4, 0.5) is 0 Å². The number of pyridine rings is 1. The highest BCUT2D eigenvalue weighted by Crippen LogP contribution is 2.25. The summed E-state index contributed by atoms with van der Waals surface area (Å²) in [6.45, 7) is 4.69. The van der Waals surface area contributed by atoms with Gasteiger partial charge in [0.2, 0.25) is 0 Å². The Kier molecular flexibility index (Phi) is 2.68. The molecule has 16 heavy (non-hydrogen) atoms. The zero-order chi connectivity index (χ0) is 11.8. The smallest absolute Gasteiger partial charge is 0.255 e. The molecule has 1 aliphatic heterocycles. The standard InChI is InChI=1S/C12H16N2O2/c1-3-12(16)7-14(8-12)11(15)10-4-9(2)5-13-6-10/h4-6,16H,3,7-8H2,1-2H3. The molecule has 0 radical (unpaired) electrons. The van der Waals surface area contributed by atoms with Crippen molar-refractivity contribution in [1.82, 2.24) is 9.88 Å². The van der Waals surface area contributed by atoms with Crippen LogP contribution >= 0.6 is 0 Å². The monoisotopic (exact) mass is 220 g/mol. The van der Waals surface area contributed by atoms with Gasteiger partial charge in [-0.2, -0.15) is 0 Å². The Hall–Kier alpha value is -1.42. The first-order valence-electron chi connectivity index (χ1n) is 5.47. The zero-order valence-electron chi connectivity index (χ0n) is 9.60. The molecule has 0 saturated carbocycles. The summed E-state index contributed by atoms with van der Waals surface area (Å²) in [7, 11) is 0. The molecular formula is C12H16N2O2. The molecule has 0 aromatic carbocycles. The summed E-state index contributed by atoms with van der Waals surface area (Å²) in [5.74, 6) is -0.0469. The third kappa shape index (κ3) is 1.93. The van der Waals surface area contributed by atoms with Gasteiger partial charge in [0.25, 0.3) is 5.91 Å². The van der Waals surface area contributed by atoms with Crippen LogP contribution in [0.3, 0.4) is 0 Å². The molecule has 0 unspecified atom stereocenters. The quantitative estimate of drug-likeness (QED) is 0.808. The fourth-order valence-electron chi connectivity index (χ4n) is 1.89. The number of likely N-dealkylation sites (tertiary alicyclic amines) is 1. The lowest BCUT2D eigenvalue weighted by atomic mass is 9.91. The lowest BCUT2D eigenvalue weighted by Crippen LogP contribution is -2.63. The summed E-state index contributed by atoms with van der Waals surface area (Å²) in [6.07, 6.45) is 3.97. The highest BCUT2D eigenvalue weighted by Gasteiger charge is 2.42. The van der Waals surface area contributed by atoms with Gasteiger partial charge in [-0.1, -0.05) is 6.92 Å². The SMILES string of the molecule is CCC1(O)CN(C(=O)c2cncc(C)c2)C1. The third-order valence-corrected chi connectivity index (χ3v) is 3.04. The van der Waals surface area contributed by atoms with E-state index in [1.807, 2.05) is 19.9 Å². The molecule has 4 nitrogen and oxygen atoms in total. The molecule has 1 aromatic rings. The summed E-state index contributed by atoms with van der Waals surface area (Å²) in [5, 5.41) is 9.83. The highest BCUT2D eigenvalue weighted by atomic mass is 16.3. The van der Waals surface area contributed by atoms with Gasteiger partial charge in [-0.05, 0) is 25.0 Å². The summed E-state index contributed by atoms with van der Waals surface area (Å²) in [4.78, 5) is 17.6. The fraction of sp³-hybridized carbons (Fsp3) is 0.500. The predicted octanol–water partition coefficient (Wildman–Crippen LogP) is 0.987. The largest absolute Gasteiger partial charge is 0.386 e. The summed E-state index contributed by atoms with van der Waals surface area (Å²) >= 11 is 0. The van der Waals surface area contributed by atoms with Gasteiger partial charge < -0.3 is 10.0 Å². The number of hydrogen-bond acceptors (Lipinski definition) is 3. The van der Waals surface area contributed by atoms with Crippen LogP contribution in [-0.2, 0) is 0 Å². The van der Waals surface area contributed by atoms with E-state index in [1.54, 1.807) is 17.3 Å². The Morgan fingerprint density at radius 1 is 1.56 bits per heavy atom. The van der Waals surface area contributed by atoms with E-state index in [4.69, 9.17) is 0 Å². The Balaban J connectivity index is 2.06. The first kappa shape index (κ1) is 11.1. The van der Waals surface area contributed by atoms with Gasteiger partial charge in [-0.15, -0.1) is 0 Å². The molecule has 2 rings (SSSR count). The van der Waals surface area contributed by atoms with Gasteiger partial charge in [0.15, 0.2) is 0 Å². The maximum Gasteiger partial charge on any atom is 0.255 e. The highest BCUT2D eigenvalue weighted by molar-refractivity contribution is 5.94. The van der Waals surface area contributed by atoms with Crippen LogP contribution in [0.1, 0.15) is 29.3 Å². The number of aromatic nitrogens is 1. The number of aliphatic hydroxyl groups is 1. The number of aryl methyl sites for hydroxylation is 1. The molecule has 1 saturated heterocycles. The number of rotatable bonds is 2. The van der Waals surface area contributed by atoms with E-state index in [0.29, 0.717) is 25.1 Å². The van der Waals surface area contributed by atoms with E-state index in [0.717, 1.165) is 5.56 Å². The van der Waals surface area contributed by atoms with Gasteiger partial charge in [0.1, 0.15) is 0 Å². The average molecular weight is 220 g/mol. The second kappa shape index (κ2) is 3.87. The van der Waals surface area contributed by atoms with Crippen molar-refractivity contribution >= 4 is 5.91 Å². The molecule has 1 aliphatic rings. The number of β-amino-alcohol motifs (C(OH)–C–C–N with tert-alkyl or cyclic N) is 1. The molecule has 1 N–H and O–H groups in total. The zero-order valence-corrected chi connectivity index (χ0v) is 9.60. The van der Waals surface area contributed by atoms with E-state index in [-0.39, 0.29) is 5.91 Å². The fourth-order valence-corrected chi connectivity index (χ4v) is 1.89. The summed E-state index contributed by atoms with van der Waals surface area (Å²) < 4.78 is 0. The molecule has 4 heteroatoms. The van der Waals surface area contributed by atoms with Crippen LogP contribution in [0.2, 0.25) is 0 Å². The second-order valence-corrected chi connectivity index (χ2v) is 4.49. The van der Waals surface area contributed by atoms with E-state index in [9.17, 15) is 9.90 Å². The first-order valence-corrected chi connectivity index (χ1v) is 5.47. The minimum atomic E-state index is -0.674. The Morgan fingerprint density at radius 2 is 2.25 bits per heavy atom. The number of amides is 1. The van der Waals surface area contributed by atoms with Crippen molar-refractivity contribution in [3.05, 3.63) is 29.6 Å². The van der Waals surface area contributed by atoms with Crippen molar-refractivity contribution in [2.45, 2.75) is 25.9 Å². The molecule has 0 spiro atoms. The molecule has 86 valence electrons. The number of carbonyl (C=O) groups excluding carboxylic acids is 1. The van der Waals surface area contributed by atoms with Crippen molar-refractivity contribution in [2.24, 2.45) is 0 Å². The lowest BCUT2D eigenvalue weighted by molar-refractivity contribution is -0.0826. The lowest BCUT2D eigenvalue weighted by Gasteiger charge is -2.46. The van der Waals surface area contributed by atoms with Crippen molar-refractivity contribution in [2.75, 3.05) is 13.1 Å². The van der Waals surface area contributed by atoms with Gasteiger partial charge in [-0.25, -0.2) is 0 Å². The molecule has 1 aromatic heterocycles. The van der Waals surface area contributed by atoms with Crippen molar-refractivity contribution in [1.29, 1.82) is 0 Å². The summed E-state index contributed by atoms with van der Waals surface area (Å²) in [5.41, 5.74) is 0.891. The molecule has 2 heterocycles. The average Bonchev–Trinajstić information content (AvgIpc) is 2.24. The predicted molar refractivity (Wildman–Crippen MR) is 60.1 cm³/mol. The maximum atomic E-state index is 12.0. The Bertz CT molecular complexity index is 411. The maximum absolute atomic E-state index is 12.0. The number of hydrogen-bond donors (Lipinski definition) is 1. The molecule has 0 bridgehead atoms. The van der Waals surface area contributed by atoms with Crippen LogP contribution in [-0.4, -0.2) is 39.6 Å². The summed E-state index contributed by atoms with van der Waals surface area (Å²) in [6, 6.07) is 1.82. The number of nitrogens with zero attached hydrogens (tertiary/aromatic N) is 2. The molecule has 1 amide bonds. The van der Waals surface area contributed by atoms with Gasteiger partial charge >= 0.3 is 0 Å². The van der Waals surface area contributed by atoms with Crippen LogP contribution in [0.25, 0.3) is 0 Å². The van der Waals surface area contributed by atoms with Crippen molar-refractivity contribution < 1.29 is 9.90 Å². The van der Waals surface area contributed by atoms with Gasteiger partial charge in [0, 0.05) is 12.4 Å². The third-order valence-electron chi connectivity index (χ3n) is 3.04. The van der Waals surface area contributed by atoms with E-state index >= 15 is 0 Å². The van der Waals surface area contributed by atoms with Crippen LogP contribution in [0.15, 0.2) is 18.5 Å². The molecular weight excluding hydrogens is 204 g/mol. The van der Waals surface area contributed by atoms with Crippen molar-refractivity contribution in [3.8, 4) is 0 Å². The van der Waals surface area contributed by atoms with E-state index < -0.39 is 5.60 Å². The first-order chi connectivity index (χ1) is 7.54. The Labute approximate surface area is 94.9 Å². The minimum absolute atomic E-state index is 0.0469. The topological polar surface area (TPSA) is 53.4 Å². The Morgan fingerprint density at radius 3 is 2.81 bits per heavy atom. The van der Waals surface area contributed by atoms with Crippen LogP contribution < -0.4 is 0 Å². The second-order valence-electron chi connectivity index (χ2n) is 4.49. The van der Waals surface area contributed by atoms with Crippen LogP contribution in [0, 0.1) is 6.92 Å². The molecule has 0 aliphatic carbocycles. The molecule has 0 atom stereocenters. The normalized spacial score (nSPS) is 18.1. The van der Waals surface area contributed by atoms with Gasteiger partial charge in [-0.3, -0.25) is 9.78 Å². The minimum Gasteiger partial charge on any atom is -0.386 e. The van der Waals surface area contributed by atoms with E-state index in [2.05, 4.69) is 4.98 Å². The van der Waals surface area contributed by atoms with Crippen molar-refractivity contribution in [3.63, 3.8) is 0 Å². The van der Waals surface area contributed by atoms with Gasteiger partial charge in [0.05, 0.1) is 24.3 Å². The molecule has 1 fully saturated rings. The van der Waals surface area contributed by atoms with Crippen LogP contribution in [0.5, 0.6) is 0 Å².